The number of carboxylic acid groups (broad SMARTS) is 1. The van der Waals surface area contributed by atoms with E-state index in [0.29, 0.717) is 12.1 Å². The standard InChI is InChI=1S/C26H25FN2O5/c1-2-18-7-9-19(10-8-18)20-11-13-21(14-12-20)29(17-30)24(25(31)32)15-16-34-26(33)28-23-6-4-3-5-22(23)27/h3-14,17,24H,2,15-16H2,1H3,(H,28,33)(H,31,32)/t24-/m0/s1. The first-order valence-electron chi connectivity index (χ1n) is 10.8. The molecule has 7 nitrogen and oxygen atoms in total. The van der Waals surface area contributed by atoms with Crippen molar-refractivity contribution in [2.75, 3.05) is 16.8 Å². The van der Waals surface area contributed by atoms with Gasteiger partial charge in [0.1, 0.15) is 11.9 Å². The maximum absolute atomic E-state index is 13.6. The number of anilines is 2. The summed E-state index contributed by atoms with van der Waals surface area (Å²) in [6.45, 7) is 1.79. The Kier molecular flexibility index (Phi) is 8.34. The van der Waals surface area contributed by atoms with Crippen LogP contribution >= 0.6 is 0 Å². The smallest absolute Gasteiger partial charge is 0.411 e. The zero-order valence-corrected chi connectivity index (χ0v) is 18.6. The van der Waals surface area contributed by atoms with Crippen LogP contribution in [-0.2, 0) is 20.7 Å². The number of carboxylic acids is 1. The Labute approximate surface area is 196 Å². The van der Waals surface area contributed by atoms with Gasteiger partial charge in [-0.2, -0.15) is 0 Å². The number of halogens is 1. The summed E-state index contributed by atoms with van der Waals surface area (Å²) in [6.07, 6.45) is 0.297. The van der Waals surface area contributed by atoms with Gasteiger partial charge in [-0.25, -0.2) is 14.0 Å². The van der Waals surface area contributed by atoms with E-state index >= 15 is 0 Å². The fourth-order valence-corrected chi connectivity index (χ4v) is 3.43. The highest BCUT2D eigenvalue weighted by atomic mass is 19.1. The van der Waals surface area contributed by atoms with Crippen molar-refractivity contribution in [3.8, 4) is 11.1 Å². The third-order valence-corrected chi connectivity index (χ3v) is 5.33. The number of benzene rings is 3. The summed E-state index contributed by atoms with van der Waals surface area (Å²) in [4.78, 5) is 36.6. The minimum absolute atomic E-state index is 0.0544. The number of aryl methyl sites for hydroxylation is 1. The van der Waals surface area contributed by atoms with Crippen molar-refractivity contribution >= 4 is 29.8 Å². The second-order valence-corrected chi connectivity index (χ2v) is 7.49. The van der Waals surface area contributed by atoms with Crippen LogP contribution < -0.4 is 10.2 Å². The lowest BCUT2D eigenvalue weighted by Gasteiger charge is -2.25. The number of nitrogens with zero attached hydrogens (tertiary/aromatic N) is 1. The van der Waals surface area contributed by atoms with Gasteiger partial charge in [0.15, 0.2) is 0 Å². The Bertz CT molecular complexity index is 1130. The number of hydrogen-bond acceptors (Lipinski definition) is 4. The molecule has 0 aliphatic carbocycles. The monoisotopic (exact) mass is 464 g/mol. The molecular weight excluding hydrogens is 439 g/mol. The minimum atomic E-state index is -1.26. The van der Waals surface area contributed by atoms with Gasteiger partial charge in [0.2, 0.25) is 6.41 Å². The molecule has 0 aliphatic rings. The van der Waals surface area contributed by atoms with Crippen LogP contribution in [0, 0.1) is 5.82 Å². The lowest BCUT2D eigenvalue weighted by molar-refractivity contribution is -0.139. The van der Waals surface area contributed by atoms with E-state index in [4.69, 9.17) is 4.74 Å². The van der Waals surface area contributed by atoms with E-state index in [1.165, 1.54) is 23.8 Å². The highest BCUT2D eigenvalue weighted by Gasteiger charge is 2.26. The van der Waals surface area contributed by atoms with Gasteiger partial charge in [-0.15, -0.1) is 0 Å². The van der Waals surface area contributed by atoms with Crippen molar-refractivity contribution in [3.63, 3.8) is 0 Å². The topological polar surface area (TPSA) is 95.9 Å². The fraction of sp³-hybridized carbons (Fsp3) is 0.192. The number of amides is 2. The SMILES string of the molecule is CCc1ccc(-c2ccc(N(C=O)[C@@H](CCOC(=O)Nc3ccccc3F)C(=O)O)cc2)cc1. The molecule has 3 aromatic carbocycles. The lowest BCUT2D eigenvalue weighted by Crippen LogP contribution is -2.41. The van der Waals surface area contributed by atoms with Gasteiger partial charge in [-0.3, -0.25) is 10.1 Å². The molecule has 0 saturated carbocycles. The number of aliphatic carboxylic acids is 1. The second kappa shape index (κ2) is 11.6. The van der Waals surface area contributed by atoms with Gasteiger partial charge in [-0.05, 0) is 47.4 Å². The first kappa shape index (κ1) is 24.4. The van der Waals surface area contributed by atoms with Crippen LogP contribution in [0.4, 0.5) is 20.6 Å². The van der Waals surface area contributed by atoms with E-state index in [1.807, 2.05) is 36.4 Å². The number of para-hydroxylation sites is 1. The summed E-state index contributed by atoms with van der Waals surface area (Å²) >= 11 is 0. The zero-order valence-electron chi connectivity index (χ0n) is 18.6. The molecule has 176 valence electrons. The van der Waals surface area contributed by atoms with E-state index in [9.17, 15) is 23.9 Å². The van der Waals surface area contributed by atoms with Gasteiger partial charge in [0.05, 0.1) is 12.3 Å². The number of carbonyl (C=O) groups excluding carboxylic acids is 2. The summed E-state index contributed by atoms with van der Waals surface area (Å²) in [5, 5.41) is 11.9. The number of carbonyl (C=O) groups is 3. The first-order valence-corrected chi connectivity index (χ1v) is 10.8. The number of hydrogen-bond donors (Lipinski definition) is 2. The van der Waals surface area contributed by atoms with Gasteiger partial charge >= 0.3 is 12.1 Å². The number of rotatable bonds is 10. The average molecular weight is 464 g/mol. The van der Waals surface area contributed by atoms with Gasteiger partial charge in [0, 0.05) is 12.1 Å². The van der Waals surface area contributed by atoms with Crippen molar-refractivity contribution in [2.45, 2.75) is 25.8 Å². The fourth-order valence-electron chi connectivity index (χ4n) is 3.43. The van der Waals surface area contributed by atoms with Crippen LogP contribution in [0.25, 0.3) is 11.1 Å². The molecule has 1 atom stereocenters. The van der Waals surface area contributed by atoms with Crippen molar-refractivity contribution < 1.29 is 28.6 Å². The molecule has 2 N–H and O–H groups in total. The molecule has 0 radical (unpaired) electrons. The minimum Gasteiger partial charge on any atom is -0.480 e. The molecule has 8 heteroatoms. The molecule has 34 heavy (non-hydrogen) atoms. The molecule has 0 saturated heterocycles. The Hall–Kier alpha value is -4.20. The number of ether oxygens (including phenoxy) is 1. The van der Waals surface area contributed by atoms with Crippen molar-refractivity contribution in [2.24, 2.45) is 0 Å². The Morgan fingerprint density at radius 1 is 1.03 bits per heavy atom. The molecule has 0 heterocycles. The van der Waals surface area contributed by atoms with Crippen LogP contribution in [0.3, 0.4) is 0 Å². The predicted octanol–water partition coefficient (Wildman–Crippen LogP) is 5.11. The normalized spacial score (nSPS) is 11.4. The largest absolute Gasteiger partial charge is 0.480 e. The van der Waals surface area contributed by atoms with E-state index in [2.05, 4.69) is 12.2 Å². The molecular formula is C26H25FN2O5. The molecule has 0 aliphatic heterocycles. The highest BCUT2D eigenvalue weighted by Crippen LogP contribution is 2.25. The van der Waals surface area contributed by atoms with Crippen molar-refractivity contribution in [1.29, 1.82) is 0 Å². The van der Waals surface area contributed by atoms with E-state index in [1.54, 1.807) is 18.2 Å². The van der Waals surface area contributed by atoms with Crippen LogP contribution in [-0.4, -0.2) is 36.2 Å². The highest BCUT2D eigenvalue weighted by molar-refractivity contribution is 5.88. The van der Waals surface area contributed by atoms with E-state index < -0.39 is 23.9 Å². The third kappa shape index (κ3) is 6.19. The summed E-state index contributed by atoms with van der Waals surface area (Å²) in [6, 6.07) is 19.4. The molecule has 0 aromatic heterocycles. The van der Waals surface area contributed by atoms with Crippen LogP contribution in [0.15, 0.2) is 72.8 Å². The average Bonchev–Trinajstić information content (AvgIpc) is 2.85. The second-order valence-electron chi connectivity index (χ2n) is 7.49. The summed E-state index contributed by atoms with van der Waals surface area (Å²) < 4.78 is 18.6. The van der Waals surface area contributed by atoms with Crippen molar-refractivity contribution in [3.05, 3.63) is 84.2 Å². The Morgan fingerprint density at radius 2 is 1.65 bits per heavy atom. The van der Waals surface area contributed by atoms with E-state index in [-0.39, 0.29) is 18.7 Å². The zero-order chi connectivity index (χ0) is 24.5. The van der Waals surface area contributed by atoms with E-state index in [0.717, 1.165) is 22.4 Å². The predicted molar refractivity (Wildman–Crippen MR) is 127 cm³/mol. The summed E-state index contributed by atoms with van der Waals surface area (Å²) in [5.74, 6) is -1.87. The number of nitrogens with one attached hydrogen (secondary N) is 1. The maximum Gasteiger partial charge on any atom is 0.411 e. The molecule has 0 unspecified atom stereocenters. The molecule has 0 fully saturated rings. The molecule has 3 rings (SSSR count). The summed E-state index contributed by atoms with van der Waals surface area (Å²) in [5.41, 5.74) is 3.50. The Morgan fingerprint density at radius 3 is 2.21 bits per heavy atom. The molecule has 0 bridgehead atoms. The van der Waals surface area contributed by atoms with Gasteiger partial charge in [0.25, 0.3) is 0 Å². The van der Waals surface area contributed by atoms with Crippen LogP contribution in [0.5, 0.6) is 0 Å². The third-order valence-electron chi connectivity index (χ3n) is 5.33. The Balaban J connectivity index is 1.64. The molecule has 3 aromatic rings. The lowest BCUT2D eigenvalue weighted by atomic mass is 10.0. The molecule has 2 amide bonds. The quantitative estimate of drug-likeness (QED) is 0.407. The van der Waals surface area contributed by atoms with Crippen LogP contribution in [0.2, 0.25) is 0 Å². The first-order chi connectivity index (χ1) is 16.4. The van der Waals surface area contributed by atoms with Gasteiger partial charge in [-0.1, -0.05) is 55.5 Å². The van der Waals surface area contributed by atoms with Crippen molar-refractivity contribution in [1.82, 2.24) is 0 Å². The van der Waals surface area contributed by atoms with Gasteiger partial charge < -0.3 is 14.7 Å². The van der Waals surface area contributed by atoms with Crippen LogP contribution in [0.1, 0.15) is 18.9 Å². The maximum atomic E-state index is 13.6. The summed E-state index contributed by atoms with van der Waals surface area (Å²) in [7, 11) is 0. The molecule has 0 spiro atoms.